The van der Waals surface area contributed by atoms with E-state index in [0.29, 0.717) is 18.8 Å². The van der Waals surface area contributed by atoms with Gasteiger partial charge < -0.3 is 15.5 Å². The fourth-order valence-electron chi connectivity index (χ4n) is 3.78. The molecule has 2 heterocycles. The molecule has 6 nitrogen and oxygen atoms in total. The van der Waals surface area contributed by atoms with Crippen molar-refractivity contribution >= 4 is 35.6 Å². The van der Waals surface area contributed by atoms with Crippen LogP contribution in [0.1, 0.15) is 12.0 Å². The van der Waals surface area contributed by atoms with E-state index in [1.807, 2.05) is 21.8 Å². The highest BCUT2D eigenvalue weighted by molar-refractivity contribution is 14.0. The van der Waals surface area contributed by atoms with Crippen molar-refractivity contribution in [3.05, 3.63) is 78.1 Å². The van der Waals surface area contributed by atoms with Crippen LogP contribution in [0.5, 0.6) is 0 Å². The van der Waals surface area contributed by atoms with Gasteiger partial charge in [0, 0.05) is 51.2 Å². The van der Waals surface area contributed by atoms with Crippen molar-refractivity contribution < 1.29 is 8.78 Å². The van der Waals surface area contributed by atoms with E-state index in [1.165, 1.54) is 17.7 Å². The minimum atomic E-state index is -0.559. The van der Waals surface area contributed by atoms with Gasteiger partial charge in [-0.05, 0) is 48.7 Å². The maximum absolute atomic E-state index is 14.0. The highest BCUT2D eigenvalue weighted by Crippen LogP contribution is 2.24. The molecule has 1 aliphatic rings. The Labute approximate surface area is 203 Å². The van der Waals surface area contributed by atoms with Crippen LogP contribution in [0.15, 0.2) is 65.9 Å². The summed E-state index contributed by atoms with van der Waals surface area (Å²) < 4.78 is 29.0. The SMILES string of the molecule is CN=C(NCCc1ccc(-n2cccn2)cc1)NC1CCN(c2ccc(F)cc2F)C1.I. The van der Waals surface area contributed by atoms with E-state index in [0.717, 1.165) is 37.1 Å². The number of rotatable bonds is 6. The van der Waals surface area contributed by atoms with Crippen LogP contribution in [-0.4, -0.2) is 48.5 Å². The van der Waals surface area contributed by atoms with E-state index < -0.39 is 11.6 Å². The van der Waals surface area contributed by atoms with Crippen LogP contribution < -0.4 is 15.5 Å². The normalized spacial score (nSPS) is 16.0. The number of anilines is 1. The molecule has 0 aliphatic carbocycles. The van der Waals surface area contributed by atoms with Crippen LogP contribution in [0.25, 0.3) is 5.69 Å². The van der Waals surface area contributed by atoms with Crippen molar-refractivity contribution in [1.29, 1.82) is 0 Å². The van der Waals surface area contributed by atoms with Crippen LogP contribution in [0.2, 0.25) is 0 Å². The zero-order chi connectivity index (χ0) is 21.6. The molecule has 0 bridgehead atoms. The predicted octanol–water partition coefficient (Wildman–Crippen LogP) is 3.75. The maximum atomic E-state index is 14.0. The van der Waals surface area contributed by atoms with Gasteiger partial charge in [-0.1, -0.05) is 12.1 Å². The van der Waals surface area contributed by atoms with Gasteiger partial charge in [0.05, 0.1) is 11.4 Å². The summed E-state index contributed by atoms with van der Waals surface area (Å²) in [4.78, 5) is 6.23. The van der Waals surface area contributed by atoms with E-state index in [1.54, 1.807) is 13.2 Å². The summed E-state index contributed by atoms with van der Waals surface area (Å²) in [5, 5.41) is 11.0. The van der Waals surface area contributed by atoms with Crippen LogP contribution in [0, 0.1) is 11.6 Å². The van der Waals surface area contributed by atoms with Gasteiger partial charge in [-0.2, -0.15) is 5.10 Å². The molecule has 1 saturated heterocycles. The number of hydrogen-bond acceptors (Lipinski definition) is 3. The number of aliphatic imine (C=N–C) groups is 1. The number of halogens is 3. The average molecular weight is 552 g/mol. The summed E-state index contributed by atoms with van der Waals surface area (Å²) in [5.41, 5.74) is 2.69. The third-order valence-electron chi connectivity index (χ3n) is 5.41. The molecule has 0 amide bonds. The first-order valence-electron chi connectivity index (χ1n) is 10.4. The Hall–Kier alpha value is -2.69. The number of benzene rings is 2. The van der Waals surface area contributed by atoms with E-state index in [-0.39, 0.29) is 30.0 Å². The molecular formula is C23H27F2IN6. The molecule has 3 aromatic rings. The maximum Gasteiger partial charge on any atom is 0.191 e. The third kappa shape index (κ3) is 5.96. The Morgan fingerprint density at radius 3 is 2.69 bits per heavy atom. The van der Waals surface area contributed by atoms with Crippen LogP contribution in [0.3, 0.4) is 0 Å². The van der Waals surface area contributed by atoms with E-state index >= 15 is 0 Å². The van der Waals surface area contributed by atoms with Gasteiger partial charge in [0.15, 0.2) is 5.96 Å². The Balaban J connectivity index is 0.00000289. The van der Waals surface area contributed by atoms with Gasteiger partial charge in [-0.25, -0.2) is 13.5 Å². The van der Waals surface area contributed by atoms with Crippen LogP contribution in [0.4, 0.5) is 14.5 Å². The highest BCUT2D eigenvalue weighted by Gasteiger charge is 2.25. The quantitative estimate of drug-likeness (QED) is 0.278. The zero-order valence-electron chi connectivity index (χ0n) is 17.8. The number of aromatic nitrogens is 2. The molecule has 4 rings (SSSR count). The minimum absolute atomic E-state index is 0. The molecule has 170 valence electrons. The third-order valence-corrected chi connectivity index (χ3v) is 5.41. The minimum Gasteiger partial charge on any atom is -0.367 e. The number of hydrogen-bond donors (Lipinski definition) is 2. The summed E-state index contributed by atoms with van der Waals surface area (Å²) >= 11 is 0. The molecule has 1 aromatic heterocycles. The summed E-state index contributed by atoms with van der Waals surface area (Å²) in [6.45, 7) is 2.09. The summed E-state index contributed by atoms with van der Waals surface area (Å²) in [7, 11) is 1.74. The zero-order valence-corrected chi connectivity index (χ0v) is 20.2. The molecule has 0 saturated carbocycles. The van der Waals surface area contributed by atoms with E-state index in [2.05, 4.69) is 45.0 Å². The lowest BCUT2D eigenvalue weighted by Crippen LogP contribution is -2.45. The lowest BCUT2D eigenvalue weighted by Gasteiger charge is -2.21. The first kappa shape index (κ1) is 24.0. The monoisotopic (exact) mass is 552 g/mol. The Bertz CT molecular complexity index is 1020. The second-order valence-electron chi connectivity index (χ2n) is 7.54. The van der Waals surface area contributed by atoms with Gasteiger partial charge in [-0.3, -0.25) is 4.99 Å². The van der Waals surface area contributed by atoms with E-state index in [9.17, 15) is 8.78 Å². The molecule has 1 atom stereocenters. The second-order valence-corrected chi connectivity index (χ2v) is 7.54. The fraction of sp³-hybridized carbons (Fsp3) is 0.304. The second kappa shape index (κ2) is 11.3. The van der Waals surface area contributed by atoms with E-state index in [4.69, 9.17) is 0 Å². The Kier molecular flexibility index (Phi) is 8.43. The Morgan fingerprint density at radius 1 is 1.19 bits per heavy atom. The van der Waals surface area contributed by atoms with Crippen molar-refractivity contribution in [1.82, 2.24) is 20.4 Å². The Morgan fingerprint density at radius 2 is 2.00 bits per heavy atom. The largest absolute Gasteiger partial charge is 0.367 e. The number of guanidine groups is 1. The first-order valence-corrected chi connectivity index (χ1v) is 10.4. The molecule has 2 aromatic carbocycles. The summed E-state index contributed by atoms with van der Waals surface area (Å²) in [6, 6.07) is 14.1. The molecule has 0 spiro atoms. The standard InChI is InChI=1S/C23H26F2N6.HI/c1-26-23(27-12-9-17-3-6-20(7-4-17)31-13-2-11-28-31)29-19-10-14-30(16-19)22-8-5-18(24)15-21(22)25;/h2-8,11,13,15,19H,9-10,12,14,16H2,1H3,(H2,26,27,29);1H. The molecule has 0 radical (unpaired) electrons. The number of nitrogens with zero attached hydrogens (tertiary/aromatic N) is 4. The van der Waals surface area contributed by atoms with Gasteiger partial charge in [0.2, 0.25) is 0 Å². The van der Waals surface area contributed by atoms with Crippen molar-refractivity contribution in [3.8, 4) is 5.69 Å². The molecule has 2 N–H and O–H groups in total. The highest BCUT2D eigenvalue weighted by atomic mass is 127. The molecule has 1 unspecified atom stereocenters. The van der Waals surface area contributed by atoms with Gasteiger partial charge >= 0.3 is 0 Å². The molecular weight excluding hydrogens is 525 g/mol. The predicted molar refractivity (Wildman–Crippen MR) is 134 cm³/mol. The molecule has 1 aliphatic heterocycles. The molecule has 9 heteroatoms. The lowest BCUT2D eigenvalue weighted by atomic mass is 10.1. The van der Waals surface area contributed by atoms with Crippen molar-refractivity contribution in [2.75, 3.05) is 31.6 Å². The summed E-state index contributed by atoms with van der Waals surface area (Å²) in [5.74, 6) is -0.364. The van der Waals surface area contributed by atoms with Crippen molar-refractivity contribution in [2.24, 2.45) is 4.99 Å². The van der Waals surface area contributed by atoms with Crippen LogP contribution in [-0.2, 0) is 6.42 Å². The number of nitrogens with one attached hydrogen (secondary N) is 2. The first-order chi connectivity index (χ1) is 15.1. The van der Waals surface area contributed by atoms with Crippen molar-refractivity contribution in [2.45, 2.75) is 18.9 Å². The average Bonchev–Trinajstić information content (AvgIpc) is 3.46. The smallest absolute Gasteiger partial charge is 0.191 e. The van der Waals surface area contributed by atoms with Gasteiger partial charge in [-0.15, -0.1) is 24.0 Å². The van der Waals surface area contributed by atoms with Gasteiger partial charge in [0.1, 0.15) is 11.6 Å². The lowest BCUT2D eigenvalue weighted by molar-refractivity contribution is 0.580. The van der Waals surface area contributed by atoms with Crippen molar-refractivity contribution in [3.63, 3.8) is 0 Å². The fourth-order valence-corrected chi connectivity index (χ4v) is 3.78. The molecule has 32 heavy (non-hydrogen) atoms. The topological polar surface area (TPSA) is 57.5 Å². The van der Waals surface area contributed by atoms with Gasteiger partial charge in [0.25, 0.3) is 0 Å². The molecule has 1 fully saturated rings. The van der Waals surface area contributed by atoms with Crippen LogP contribution >= 0.6 is 24.0 Å². The summed E-state index contributed by atoms with van der Waals surface area (Å²) in [6.07, 6.45) is 5.39.